The van der Waals surface area contributed by atoms with Crippen LogP contribution in [0.2, 0.25) is 0 Å². The minimum absolute atomic E-state index is 0.0530. The van der Waals surface area contributed by atoms with Crippen LogP contribution in [0.25, 0.3) is 0 Å². The zero-order chi connectivity index (χ0) is 16.1. The van der Waals surface area contributed by atoms with Crippen LogP contribution in [0.3, 0.4) is 0 Å². The summed E-state index contributed by atoms with van der Waals surface area (Å²) in [5, 5.41) is 7.26. The molecule has 0 bridgehead atoms. The van der Waals surface area contributed by atoms with Gasteiger partial charge in [0.1, 0.15) is 17.7 Å². The molecular formula is C18H27FN2O2. The second-order valence-electron chi connectivity index (χ2n) is 6.63. The predicted molar refractivity (Wildman–Crippen MR) is 88.2 cm³/mol. The van der Waals surface area contributed by atoms with Gasteiger partial charge < -0.3 is 20.1 Å². The SMILES string of the molecule is CC(CNC1CCCC1C1COCCN1)Oc1ccc(F)cc1. The van der Waals surface area contributed by atoms with Crippen LogP contribution < -0.4 is 15.4 Å². The van der Waals surface area contributed by atoms with Crippen molar-refractivity contribution >= 4 is 0 Å². The van der Waals surface area contributed by atoms with E-state index in [9.17, 15) is 4.39 Å². The maximum absolute atomic E-state index is 12.9. The lowest BCUT2D eigenvalue weighted by molar-refractivity contribution is 0.0518. The van der Waals surface area contributed by atoms with E-state index in [1.165, 1.54) is 31.4 Å². The largest absolute Gasteiger partial charge is 0.489 e. The second-order valence-corrected chi connectivity index (χ2v) is 6.63. The molecule has 0 radical (unpaired) electrons. The van der Waals surface area contributed by atoms with Gasteiger partial charge in [0.05, 0.1) is 13.2 Å². The van der Waals surface area contributed by atoms with E-state index in [1.807, 2.05) is 6.92 Å². The number of hydrogen-bond acceptors (Lipinski definition) is 4. The third kappa shape index (κ3) is 4.66. The Kier molecular flexibility index (Phi) is 5.86. The quantitative estimate of drug-likeness (QED) is 0.844. The predicted octanol–water partition coefficient (Wildman–Crippen LogP) is 2.34. The van der Waals surface area contributed by atoms with Crippen LogP contribution in [-0.2, 0) is 4.74 Å². The molecule has 1 heterocycles. The highest BCUT2D eigenvalue weighted by atomic mass is 19.1. The van der Waals surface area contributed by atoms with Crippen LogP contribution >= 0.6 is 0 Å². The second kappa shape index (κ2) is 8.08. The molecule has 23 heavy (non-hydrogen) atoms. The third-order valence-corrected chi connectivity index (χ3v) is 4.85. The van der Waals surface area contributed by atoms with Crippen LogP contribution in [0.15, 0.2) is 24.3 Å². The number of nitrogens with one attached hydrogen (secondary N) is 2. The first-order valence-corrected chi connectivity index (χ1v) is 8.69. The third-order valence-electron chi connectivity index (χ3n) is 4.85. The monoisotopic (exact) mass is 322 g/mol. The van der Waals surface area contributed by atoms with Crippen molar-refractivity contribution in [1.82, 2.24) is 10.6 Å². The molecule has 2 fully saturated rings. The van der Waals surface area contributed by atoms with Crippen LogP contribution in [0.1, 0.15) is 26.2 Å². The van der Waals surface area contributed by atoms with Gasteiger partial charge >= 0.3 is 0 Å². The summed E-state index contributed by atoms with van der Waals surface area (Å²) in [4.78, 5) is 0. The molecule has 0 aromatic heterocycles. The van der Waals surface area contributed by atoms with E-state index >= 15 is 0 Å². The van der Waals surface area contributed by atoms with Gasteiger partial charge in [0.2, 0.25) is 0 Å². The Bertz CT molecular complexity index is 476. The highest BCUT2D eigenvalue weighted by Gasteiger charge is 2.34. The van der Waals surface area contributed by atoms with E-state index in [0.717, 1.165) is 26.3 Å². The van der Waals surface area contributed by atoms with Crippen molar-refractivity contribution in [3.63, 3.8) is 0 Å². The molecule has 1 saturated heterocycles. The van der Waals surface area contributed by atoms with Crippen molar-refractivity contribution in [1.29, 1.82) is 0 Å². The van der Waals surface area contributed by atoms with Gasteiger partial charge in [0, 0.05) is 25.2 Å². The molecule has 1 saturated carbocycles. The first-order valence-electron chi connectivity index (χ1n) is 8.69. The lowest BCUT2D eigenvalue weighted by atomic mass is 9.94. The molecular weight excluding hydrogens is 295 g/mol. The molecule has 0 amide bonds. The topological polar surface area (TPSA) is 42.5 Å². The minimum Gasteiger partial charge on any atom is -0.489 e. The molecule has 4 unspecified atom stereocenters. The van der Waals surface area contributed by atoms with Gasteiger partial charge in [0.15, 0.2) is 0 Å². The van der Waals surface area contributed by atoms with Gasteiger partial charge in [-0.05, 0) is 49.9 Å². The summed E-state index contributed by atoms with van der Waals surface area (Å²) in [6.45, 7) is 5.45. The van der Waals surface area contributed by atoms with Crippen molar-refractivity contribution in [2.45, 2.75) is 44.4 Å². The summed E-state index contributed by atoms with van der Waals surface area (Å²) in [6.07, 6.45) is 3.79. The van der Waals surface area contributed by atoms with Crippen molar-refractivity contribution in [2.24, 2.45) is 5.92 Å². The van der Waals surface area contributed by atoms with E-state index in [0.29, 0.717) is 23.8 Å². The molecule has 5 heteroatoms. The molecule has 1 aromatic rings. The number of halogens is 1. The van der Waals surface area contributed by atoms with Crippen molar-refractivity contribution in [2.75, 3.05) is 26.3 Å². The zero-order valence-corrected chi connectivity index (χ0v) is 13.8. The van der Waals surface area contributed by atoms with Gasteiger partial charge in [-0.2, -0.15) is 0 Å². The Morgan fingerprint density at radius 2 is 2.17 bits per heavy atom. The fraction of sp³-hybridized carbons (Fsp3) is 0.667. The molecule has 1 aromatic carbocycles. The van der Waals surface area contributed by atoms with Crippen molar-refractivity contribution < 1.29 is 13.9 Å². The summed E-state index contributed by atoms with van der Waals surface area (Å²) >= 11 is 0. The van der Waals surface area contributed by atoms with Crippen LogP contribution in [0, 0.1) is 11.7 Å². The summed E-state index contributed by atoms with van der Waals surface area (Å²) < 4.78 is 24.4. The first kappa shape index (κ1) is 16.7. The van der Waals surface area contributed by atoms with E-state index in [4.69, 9.17) is 9.47 Å². The summed E-state index contributed by atoms with van der Waals surface area (Å²) in [7, 11) is 0. The Labute approximate surface area is 137 Å². The fourth-order valence-electron chi connectivity index (χ4n) is 3.69. The highest BCUT2D eigenvalue weighted by Crippen LogP contribution is 2.29. The van der Waals surface area contributed by atoms with Gasteiger partial charge in [-0.25, -0.2) is 4.39 Å². The Balaban J connectivity index is 1.45. The molecule has 3 rings (SSSR count). The lowest BCUT2D eigenvalue weighted by Gasteiger charge is -2.33. The minimum atomic E-state index is -0.237. The molecule has 1 aliphatic heterocycles. The maximum Gasteiger partial charge on any atom is 0.123 e. The molecule has 4 nitrogen and oxygen atoms in total. The van der Waals surface area contributed by atoms with Crippen LogP contribution in [0.5, 0.6) is 5.75 Å². The highest BCUT2D eigenvalue weighted by molar-refractivity contribution is 5.22. The normalized spacial score (nSPS) is 29.4. The number of benzene rings is 1. The van der Waals surface area contributed by atoms with E-state index in [2.05, 4.69) is 10.6 Å². The molecule has 2 aliphatic rings. The Hall–Kier alpha value is -1.17. The first-order chi connectivity index (χ1) is 11.2. The summed E-state index contributed by atoms with van der Waals surface area (Å²) in [5.74, 6) is 1.11. The molecule has 4 atom stereocenters. The smallest absolute Gasteiger partial charge is 0.123 e. The van der Waals surface area contributed by atoms with Gasteiger partial charge in [0.25, 0.3) is 0 Å². The number of ether oxygens (including phenoxy) is 2. The lowest BCUT2D eigenvalue weighted by Crippen LogP contribution is -2.51. The number of morpholine rings is 1. The van der Waals surface area contributed by atoms with Crippen molar-refractivity contribution in [3.8, 4) is 5.75 Å². The molecule has 1 aliphatic carbocycles. The van der Waals surface area contributed by atoms with Gasteiger partial charge in [-0.15, -0.1) is 0 Å². The number of hydrogen-bond donors (Lipinski definition) is 2. The van der Waals surface area contributed by atoms with Crippen LogP contribution in [-0.4, -0.2) is 44.5 Å². The van der Waals surface area contributed by atoms with E-state index in [1.54, 1.807) is 12.1 Å². The average Bonchev–Trinajstić information content (AvgIpc) is 3.04. The average molecular weight is 322 g/mol. The van der Waals surface area contributed by atoms with Gasteiger partial charge in [-0.1, -0.05) is 6.42 Å². The summed E-state index contributed by atoms with van der Waals surface area (Å²) in [6, 6.07) is 7.20. The standard InChI is InChI=1S/C18H27FN2O2/c1-13(23-15-7-5-14(19)6-8-15)11-21-17-4-2-3-16(17)18-12-22-10-9-20-18/h5-8,13,16-18,20-21H,2-4,9-12H2,1H3. The summed E-state index contributed by atoms with van der Waals surface area (Å²) in [5.41, 5.74) is 0. The van der Waals surface area contributed by atoms with E-state index in [-0.39, 0.29) is 11.9 Å². The van der Waals surface area contributed by atoms with Crippen molar-refractivity contribution in [3.05, 3.63) is 30.1 Å². The van der Waals surface area contributed by atoms with Gasteiger partial charge in [-0.3, -0.25) is 0 Å². The fourth-order valence-corrected chi connectivity index (χ4v) is 3.69. The maximum atomic E-state index is 12.9. The molecule has 128 valence electrons. The van der Waals surface area contributed by atoms with E-state index < -0.39 is 0 Å². The zero-order valence-electron chi connectivity index (χ0n) is 13.8. The molecule has 2 N–H and O–H groups in total. The Morgan fingerprint density at radius 1 is 1.35 bits per heavy atom. The van der Waals surface area contributed by atoms with Crippen LogP contribution in [0.4, 0.5) is 4.39 Å². The number of rotatable bonds is 6. The Morgan fingerprint density at radius 3 is 2.91 bits per heavy atom. The molecule has 0 spiro atoms.